The topological polar surface area (TPSA) is 104 Å². The first kappa shape index (κ1) is 25.6. The molecular formula is C22H29FN2O6S2. The molecule has 3 rings (SSSR count). The third-order valence-corrected chi connectivity index (χ3v) is 9.13. The van der Waals surface area contributed by atoms with E-state index in [1.165, 1.54) is 35.6 Å². The van der Waals surface area contributed by atoms with Crippen molar-refractivity contribution in [1.82, 2.24) is 8.61 Å². The zero-order chi connectivity index (χ0) is 24.6. The molecule has 0 amide bonds. The van der Waals surface area contributed by atoms with Gasteiger partial charge < -0.3 is 9.84 Å². The maximum absolute atomic E-state index is 13.8. The van der Waals surface area contributed by atoms with Crippen LogP contribution in [0.1, 0.15) is 13.8 Å². The van der Waals surface area contributed by atoms with Gasteiger partial charge in [-0.3, -0.25) is 0 Å². The standard InChI is InChI=1S/C22H29FN2O6S2/c1-15-12-25(16(2)14-26)33(29,30)22-9-8-18(17-6-5-7-19(23)10-17)11-20(22)31-21(15)13-24(3)32(4,27)28/h5-11,15-16,21,26H,12-14H2,1-4H3/t15-,16-,21+/m0/s1. The Morgan fingerprint density at radius 2 is 1.91 bits per heavy atom. The number of hydrogen-bond donors (Lipinski definition) is 1. The van der Waals surface area contributed by atoms with Crippen LogP contribution in [0.2, 0.25) is 0 Å². The molecule has 33 heavy (non-hydrogen) atoms. The molecular weight excluding hydrogens is 471 g/mol. The monoisotopic (exact) mass is 500 g/mol. The number of ether oxygens (including phenoxy) is 1. The van der Waals surface area contributed by atoms with E-state index in [1.807, 2.05) is 0 Å². The fourth-order valence-electron chi connectivity index (χ4n) is 3.68. The van der Waals surface area contributed by atoms with Gasteiger partial charge in [-0.2, -0.15) is 4.31 Å². The third kappa shape index (κ3) is 5.55. The molecule has 182 valence electrons. The molecule has 0 fully saturated rings. The molecule has 0 aromatic heterocycles. The summed E-state index contributed by atoms with van der Waals surface area (Å²) < 4.78 is 73.2. The van der Waals surface area contributed by atoms with E-state index in [9.17, 15) is 26.3 Å². The van der Waals surface area contributed by atoms with Crippen LogP contribution in [0.25, 0.3) is 11.1 Å². The fourth-order valence-corrected chi connectivity index (χ4v) is 5.92. The van der Waals surface area contributed by atoms with Crippen molar-refractivity contribution in [3.63, 3.8) is 0 Å². The van der Waals surface area contributed by atoms with Crippen molar-refractivity contribution in [2.45, 2.75) is 30.9 Å². The van der Waals surface area contributed by atoms with E-state index in [0.29, 0.717) is 11.1 Å². The maximum atomic E-state index is 13.8. The first-order valence-corrected chi connectivity index (χ1v) is 13.7. The summed E-state index contributed by atoms with van der Waals surface area (Å²) in [6, 6.07) is 9.68. The molecule has 3 atom stereocenters. The molecule has 8 nitrogen and oxygen atoms in total. The van der Waals surface area contributed by atoms with E-state index in [4.69, 9.17) is 4.74 Å². The van der Waals surface area contributed by atoms with Crippen LogP contribution in [-0.2, 0) is 20.0 Å². The Morgan fingerprint density at radius 1 is 1.24 bits per heavy atom. The highest BCUT2D eigenvalue weighted by molar-refractivity contribution is 7.89. The number of aliphatic hydroxyl groups excluding tert-OH is 1. The Morgan fingerprint density at radius 3 is 2.52 bits per heavy atom. The predicted octanol–water partition coefficient (Wildman–Crippen LogP) is 2.15. The van der Waals surface area contributed by atoms with Gasteiger partial charge in [-0.05, 0) is 42.3 Å². The molecule has 1 aliphatic rings. The van der Waals surface area contributed by atoms with Crippen molar-refractivity contribution in [2.75, 3.05) is 33.0 Å². The van der Waals surface area contributed by atoms with Crippen molar-refractivity contribution in [2.24, 2.45) is 5.92 Å². The van der Waals surface area contributed by atoms with Crippen LogP contribution >= 0.6 is 0 Å². The molecule has 0 aliphatic carbocycles. The second kappa shape index (κ2) is 9.67. The minimum Gasteiger partial charge on any atom is -0.487 e. The zero-order valence-corrected chi connectivity index (χ0v) is 20.6. The summed E-state index contributed by atoms with van der Waals surface area (Å²) in [5, 5.41) is 9.69. The minimum atomic E-state index is -4.03. The van der Waals surface area contributed by atoms with E-state index in [2.05, 4.69) is 0 Å². The van der Waals surface area contributed by atoms with Crippen LogP contribution in [0, 0.1) is 11.7 Å². The molecule has 11 heteroatoms. The van der Waals surface area contributed by atoms with E-state index in [1.54, 1.807) is 32.0 Å². The number of hydrogen-bond acceptors (Lipinski definition) is 6. The highest BCUT2D eigenvalue weighted by Gasteiger charge is 2.38. The van der Waals surface area contributed by atoms with E-state index < -0.39 is 43.9 Å². The van der Waals surface area contributed by atoms with Gasteiger partial charge in [-0.25, -0.2) is 25.5 Å². The van der Waals surface area contributed by atoms with E-state index >= 15 is 0 Å². The lowest BCUT2D eigenvalue weighted by molar-refractivity contribution is 0.0906. The van der Waals surface area contributed by atoms with Crippen LogP contribution in [0.4, 0.5) is 4.39 Å². The van der Waals surface area contributed by atoms with Crippen LogP contribution < -0.4 is 4.74 Å². The Kier molecular flexibility index (Phi) is 7.49. The average Bonchev–Trinajstić information content (AvgIpc) is 2.74. The fraction of sp³-hybridized carbons (Fsp3) is 0.455. The molecule has 0 saturated carbocycles. The van der Waals surface area contributed by atoms with Crippen molar-refractivity contribution in [1.29, 1.82) is 0 Å². The zero-order valence-electron chi connectivity index (χ0n) is 19.0. The van der Waals surface area contributed by atoms with Gasteiger partial charge in [0.25, 0.3) is 0 Å². The van der Waals surface area contributed by atoms with Gasteiger partial charge in [0.05, 0.1) is 19.4 Å². The number of sulfonamides is 2. The van der Waals surface area contributed by atoms with E-state index in [-0.39, 0.29) is 30.3 Å². The molecule has 0 saturated heterocycles. The molecule has 0 bridgehead atoms. The van der Waals surface area contributed by atoms with Crippen LogP contribution in [0.5, 0.6) is 5.75 Å². The van der Waals surface area contributed by atoms with Crippen molar-refractivity contribution in [3.8, 4) is 16.9 Å². The Balaban J connectivity index is 2.15. The van der Waals surface area contributed by atoms with Gasteiger partial charge in [-0.15, -0.1) is 0 Å². The highest BCUT2D eigenvalue weighted by atomic mass is 32.2. The van der Waals surface area contributed by atoms with Crippen molar-refractivity contribution < 1.29 is 31.1 Å². The summed E-state index contributed by atoms with van der Waals surface area (Å²) in [6.45, 7) is 3.04. The van der Waals surface area contributed by atoms with Gasteiger partial charge in [0.15, 0.2) is 0 Å². The van der Waals surface area contributed by atoms with Crippen LogP contribution in [-0.4, -0.2) is 75.7 Å². The minimum absolute atomic E-state index is 0.00499. The molecule has 1 aliphatic heterocycles. The molecule has 1 heterocycles. The average molecular weight is 501 g/mol. The number of halogens is 1. The molecule has 1 N–H and O–H groups in total. The summed E-state index contributed by atoms with van der Waals surface area (Å²) in [5.74, 6) is -0.786. The third-order valence-electron chi connectivity index (χ3n) is 5.83. The molecule has 0 unspecified atom stereocenters. The highest BCUT2D eigenvalue weighted by Crippen LogP contribution is 2.36. The predicted molar refractivity (Wildman–Crippen MR) is 123 cm³/mol. The lowest BCUT2D eigenvalue weighted by Gasteiger charge is -2.37. The quantitative estimate of drug-likeness (QED) is 0.652. The second-order valence-electron chi connectivity index (χ2n) is 8.46. The second-order valence-corrected chi connectivity index (χ2v) is 12.4. The first-order valence-electron chi connectivity index (χ1n) is 10.4. The Bertz CT molecular complexity index is 1220. The molecule has 0 spiro atoms. The first-order chi connectivity index (χ1) is 15.3. The lowest BCUT2D eigenvalue weighted by atomic mass is 10.0. The number of benzene rings is 2. The summed E-state index contributed by atoms with van der Waals surface area (Å²) in [7, 11) is -6.10. The largest absolute Gasteiger partial charge is 0.487 e. The summed E-state index contributed by atoms with van der Waals surface area (Å²) >= 11 is 0. The van der Waals surface area contributed by atoms with Gasteiger partial charge >= 0.3 is 0 Å². The molecule has 2 aromatic rings. The van der Waals surface area contributed by atoms with E-state index in [0.717, 1.165) is 10.6 Å². The van der Waals surface area contributed by atoms with Gasteiger partial charge in [0, 0.05) is 25.6 Å². The number of likely N-dealkylation sites (N-methyl/N-ethyl adjacent to an activating group) is 1. The Hall–Kier alpha value is -2.05. The molecule has 2 aromatic carbocycles. The van der Waals surface area contributed by atoms with Crippen LogP contribution in [0.3, 0.4) is 0 Å². The molecule has 0 radical (unpaired) electrons. The smallest absolute Gasteiger partial charge is 0.247 e. The van der Waals surface area contributed by atoms with Crippen LogP contribution in [0.15, 0.2) is 47.4 Å². The number of fused-ring (bicyclic) bond motifs is 1. The van der Waals surface area contributed by atoms with Gasteiger partial charge in [0.1, 0.15) is 22.6 Å². The summed E-state index contributed by atoms with van der Waals surface area (Å²) in [6.07, 6.45) is 0.413. The maximum Gasteiger partial charge on any atom is 0.247 e. The summed E-state index contributed by atoms with van der Waals surface area (Å²) in [4.78, 5) is -0.0955. The number of aliphatic hydroxyl groups is 1. The number of rotatable bonds is 6. The SMILES string of the molecule is C[C@H]1CN([C@@H](C)CO)S(=O)(=O)c2ccc(-c3cccc(F)c3)cc2O[C@@H]1CN(C)S(C)(=O)=O. The van der Waals surface area contributed by atoms with Gasteiger partial charge in [0.2, 0.25) is 20.0 Å². The summed E-state index contributed by atoms with van der Waals surface area (Å²) in [5.41, 5.74) is 1.09. The van der Waals surface area contributed by atoms with Crippen molar-refractivity contribution >= 4 is 20.0 Å². The number of nitrogens with zero attached hydrogens (tertiary/aromatic N) is 2. The van der Waals surface area contributed by atoms with Gasteiger partial charge in [-0.1, -0.05) is 25.1 Å². The normalized spacial score (nSPS) is 22.2. The lowest BCUT2D eigenvalue weighted by Crippen LogP contribution is -2.50. The Labute approximate surface area is 194 Å². The van der Waals surface area contributed by atoms with Crippen molar-refractivity contribution in [3.05, 3.63) is 48.3 Å².